The number of pyridine rings is 1. The van der Waals surface area contributed by atoms with E-state index in [0.717, 1.165) is 35.8 Å². The maximum absolute atomic E-state index is 5.40. The molecule has 0 saturated heterocycles. The Balaban J connectivity index is 1.52. The SMILES string of the molecule is COc1ccc(Cc2noc(-c3nc4c(s3)CN(C)CC4)n2)cn1. The van der Waals surface area contributed by atoms with Gasteiger partial charge in [-0.15, -0.1) is 11.3 Å². The van der Waals surface area contributed by atoms with E-state index in [4.69, 9.17) is 9.26 Å². The van der Waals surface area contributed by atoms with Crippen LogP contribution >= 0.6 is 11.3 Å². The van der Waals surface area contributed by atoms with Crippen LogP contribution in [0.15, 0.2) is 22.9 Å². The number of likely N-dealkylation sites (N-methyl/N-ethyl adjacent to an activating group) is 1. The Morgan fingerprint density at radius 1 is 1.33 bits per heavy atom. The van der Waals surface area contributed by atoms with Crippen LogP contribution < -0.4 is 4.74 Å². The summed E-state index contributed by atoms with van der Waals surface area (Å²) in [4.78, 5) is 16.9. The Morgan fingerprint density at radius 3 is 3.04 bits per heavy atom. The molecule has 8 heteroatoms. The molecule has 3 aromatic heterocycles. The Kier molecular flexibility index (Phi) is 3.99. The minimum Gasteiger partial charge on any atom is -0.481 e. The summed E-state index contributed by atoms with van der Waals surface area (Å²) in [7, 11) is 3.72. The van der Waals surface area contributed by atoms with Crippen molar-refractivity contribution >= 4 is 11.3 Å². The number of hydrogen-bond acceptors (Lipinski definition) is 8. The molecule has 24 heavy (non-hydrogen) atoms. The molecular weight excluding hydrogens is 326 g/mol. The monoisotopic (exact) mass is 343 g/mol. The Morgan fingerprint density at radius 2 is 2.25 bits per heavy atom. The van der Waals surface area contributed by atoms with Crippen LogP contribution in [0.2, 0.25) is 0 Å². The molecule has 0 atom stereocenters. The molecular formula is C16H17N5O2S. The van der Waals surface area contributed by atoms with Crippen molar-refractivity contribution in [3.8, 4) is 16.8 Å². The van der Waals surface area contributed by atoms with E-state index < -0.39 is 0 Å². The Bertz CT molecular complexity index is 843. The topological polar surface area (TPSA) is 77.2 Å². The highest BCUT2D eigenvalue weighted by Crippen LogP contribution is 2.30. The third-order valence-electron chi connectivity index (χ3n) is 3.94. The molecule has 124 valence electrons. The number of hydrogen-bond donors (Lipinski definition) is 0. The minimum atomic E-state index is 0.494. The largest absolute Gasteiger partial charge is 0.481 e. The van der Waals surface area contributed by atoms with Crippen molar-refractivity contribution in [3.63, 3.8) is 0 Å². The molecule has 0 aromatic carbocycles. The lowest BCUT2D eigenvalue weighted by Crippen LogP contribution is -2.25. The van der Waals surface area contributed by atoms with E-state index in [1.807, 2.05) is 12.1 Å². The standard InChI is InChI=1S/C16H17N5O2S/c1-21-6-5-11-12(9-21)24-16(18-11)15-19-13(20-23-15)7-10-3-4-14(22-2)17-8-10/h3-4,8H,5-7,9H2,1-2H3. The first-order valence-electron chi connectivity index (χ1n) is 7.70. The van der Waals surface area contributed by atoms with Gasteiger partial charge in [-0.2, -0.15) is 4.98 Å². The van der Waals surface area contributed by atoms with Crippen LogP contribution in [0, 0.1) is 0 Å². The number of methoxy groups -OCH3 is 1. The molecule has 0 aliphatic carbocycles. The van der Waals surface area contributed by atoms with Crippen molar-refractivity contribution in [3.05, 3.63) is 40.3 Å². The fraction of sp³-hybridized carbons (Fsp3) is 0.375. The van der Waals surface area contributed by atoms with Crippen LogP contribution in [0.4, 0.5) is 0 Å². The number of thiazole rings is 1. The van der Waals surface area contributed by atoms with Gasteiger partial charge >= 0.3 is 0 Å². The normalized spacial score (nSPS) is 14.6. The van der Waals surface area contributed by atoms with Crippen LogP contribution in [0.3, 0.4) is 0 Å². The van der Waals surface area contributed by atoms with Gasteiger partial charge in [0.25, 0.3) is 5.89 Å². The van der Waals surface area contributed by atoms with E-state index in [1.165, 1.54) is 4.88 Å². The molecule has 7 nitrogen and oxygen atoms in total. The molecule has 0 spiro atoms. The van der Waals surface area contributed by atoms with Crippen LogP contribution in [-0.4, -0.2) is 45.7 Å². The van der Waals surface area contributed by atoms with E-state index in [2.05, 4.69) is 32.1 Å². The molecule has 1 aliphatic rings. The zero-order valence-corrected chi connectivity index (χ0v) is 14.3. The fourth-order valence-electron chi connectivity index (χ4n) is 2.65. The summed E-state index contributed by atoms with van der Waals surface area (Å²) >= 11 is 1.64. The first-order valence-corrected chi connectivity index (χ1v) is 8.52. The molecule has 3 aromatic rings. The molecule has 0 unspecified atom stereocenters. The van der Waals surface area contributed by atoms with Gasteiger partial charge < -0.3 is 14.2 Å². The Labute approximate surface area is 143 Å². The summed E-state index contributed by atoms with van der Waals surface area (Å²) in [6, 6.07) is 3.77. The molecule has 4 heterocycles. The van der Waals surface area contributed by atoms with Gasteiger partial charge in [0.05, 0.1) is 12.8 Å². The number of ether oxygens (including phenoxy) is 1. The molecule has 4 rings (SSSR count). The van der Waals surface area contributed by atoms with Crippen molar-refractivity contribution in [2.24, 2.45) is 0 Å². The highest BCUT2D eigenvalue weighted by atomic mass is 32.1. The third kappa shape index (κ3) is 3.02. The van der Waals surface area contributed by atoms with Crippen molar-refractivity contribution in [1.29, 1.82) is 0 Å². The van der Waals surface area contributed by atoms with Crippen LogP contribution in [0.25, 0.3) is 10.9 Å². The maximum atomic E-state index is 5.40. The average molecular weight is 343 g/mol. The lowest BCUT2D eigenvalue weighted by atomic mass is 10.2. The first-order chi connectivity index (χ1) is 11.7. The van der Waals surface area contributed by atoms with Crippen molar-refractivity contribution < 1.29 is 9.26 Å². The van der Waals surface area contributed by atoms with Crippen LogP contribution in [-0.2, 0) is 19.4 Å². The lowest BCUT2D eigenvalue weighted by molar-refractivity contribution is 0.314. The number of rotatable bonds is 4. The lowest BCUT2D eigenvalue weighted by Gasteiger charge is -2.20. The van der Waals surface area contributed by atoms with Crippen LogP contribution in [0.1, 0.15) is 22.0 Å². The molecule has 0 bridgehead atoms. The van der Waals surface area contributed by atoms with E-state index in [9.17, 15) is 0 Å². The second kappa shape index (κ2) is 6.29. The molecule has 0 radical (unpaired) electrons. The summed E-state index contributed by atoms with van der Waals surface area (Å²) < 4.78 is 10.5. The van der Waals surface area contributed by atoms with Gasteiger partial charge in [-0.05, 0) is 12.6 Å². The third-order valence-corrected chi connectivity index (χ3v) is 5.01. The molecule has 1 aliphatic heterocycles. The summed E-state index contributed by atoms with van der Waals surface area (Å²) in [5, 5.41) is 4.87. The van der Waals surface area contributed by atoms with E-state index in [0.29, 0.717) is 24.0 Å². The number of fused-ring (bicyclic) bond motifs is 1. The molecule has 0 amide bonds. The van der Waals surface area contributed by atoms with Gasteiger partial charge in [0, 0.05) is 43.1 Å². The zero-order chi connectivity index (χ0) is 16.5. The van der Waals surface area contributed by atoms with Gasteiger partial charge in [0.1, 0.15) is 0 Å². The van der Waals surface area contributed by atoms with Gasteiger partial charge in [-0.1, -0.05) is 11.2 Å². The summed E-state index contributed by atoms with van der Waals surface area (Å²) in [5.41, 5.74) is 2.16. The minimum absolute atomic E-state index is 0.494. The number of nitrogens with zero attached hydrogens (tertiary/aromatic N) is 5. The predicted octanol–water partition coefficient (Wildman–Crippen LogP) is 2.18. The zero-order valence-electron chi connectivity index (χ0n) is 13.5. The molecule has 0 N–H and O–H groups in total. The average Bonchev–Trinajstić information content (AvgIpc) is 3.21. The Hall–Kier alpha value is -2.32. The second-order valence-corrected chi connectivity index (χ2v) is 6.86. The first kappa shape index (κ1) is 15.2. The van der Waals surface area contributed by atoms with Crippen molar-refractivity contribution in [1.82, 2.24) is 25.0 Å². The predicted molar refractivity (Wildman–Crippen MR) is 89.0 cm³/mol. The number of aromatic nitrogens is 4. The van der Waals surface area contributed by atoms with Gasteiger partial charge in [-0.3, -0.25) is 0 Å². The molecule has 0 fully saturated rings. The summed E-state index contributed by atoms with van der Waals surface area (Å²) in [6.07, 6.45) is 3.29. The van der Waals surface area contributed by atoms with Crippen molar-refractivity contribution in [2.75, 3.05) is 20.7 Å². The fourth-order valence-corrected chi connectivity index (χ4v) is 3.76. The van der Waals surface area contributed by atoms with Crippen molar-refractivity contribution in [2.45, 2.75) is 19.4 Å². The van der Waals surface area contributed by atoms with E-state index in [-0.39, 0.29) is 0 Å². The van der Waals surface area contributed by atoms with Gasteiger partial charge in [0.2, 0.25) is 5.88 Å². The second-order valence-electron chi connectivity index (χ2n) is 5.78. The quantitative estimate of drug-likeness (QED) is 0.718. The highest BCUT2D eigenvalue weighted by Gasteiger charge is 2.21. The van der Waals surface area contributed by atoms with Gasteiger partial charge in [-0.25, -0.2) is 9.97 Å². The smallest absolute Gasteiger partial charge is 0.286 e. The van der Waals surface area contributed by atoms with Crippen LogP contribution in [0.5, 0.6) is 5.88 Å². The highest BCUT2D eigenvalue weighted by molar-refractivity contribution is 7.15. The molecule has 0 saturated carbocycles. The summed E-state index contributed by atoms with van der Waals surface area (Å²) in [5.74, 6) is 1.71. The van der Waals surface area contributed by atoms with E-state index in [1.54, 1.807) is 24.6 Å². The maximum Gasteiger partial charge on any atom is 0.286 e. The summed E-state index contributed by atoms with van der Waals surface area (Å²) in [6.45, 7) is 1.97. The van der Waals surface area contributed by atoms with E-state index >= 15 is 0 Å². The van der Waals surface area contributed by atoms with Gasteiger partial charge in [0.15, 0.2) is 10.8 Å².